The largest absolute Gasteiger partial charge is 0.326 e. The van der Waals surface area contributed by atoms with E-state index in [0.29, 0.717) is 6.54 Å². The van der Waals surface area contributed by atoms with Crippen LogP contribution in [0.15, 0.2) is 23.6 Å². The molecule has 0 bridgehead atoms. The first-order valence-electron chi connectivity index (χ1n) is 4.99. The summed E-state index contributed by atoms with van der Waals surface area (Å²) in [4.78, 5) is 4.17. The first-order valence-corrected chi connectivity index (χ1v) is 5.87. The SMILES string of the molecule is CCc1ccc(-c2cs[c]n2)cc1CN. The van der Waals surface area contributed by atoms with E-state index in [9.17, 15) is 0 Å². The second kappa shape index (κ2) is 4.55. The van der Waals surface area contributed by atoms with Crippen LogP contribution in [0.4, 0.5) is 0 Å². The van der Waals surface area contributed by atoms with Crippen LogP contribution in [0.25, 0.3) is 11.3 Å². The molecule has 1 aromatic carbocycles. The molecule has 3 heteroatoms. The average Bonchev–Trinajstić information content (AvgIpc) is 2.81. The highest BCUT2D eigenvalue weighted by molar-refractivity contribution is 7.07. The molecule has 0 saturated carbocycles. The average molecular weight is 217 g/mol. The van der Waals surface area contributed by atoms with Crippen LogP contribution in [0.1, 0.15) is 18.1 Å². The maximum atomic E-state index is 5.72. The minimum Gasteiger partial charge on any atom is -0.326 e. The lowest BCUT2D eigenvalue weighted by Gasteiger charge is -2.07. The van der Waals surface area contributed by atoms with Gasteiger partial charge in [-0.2, -0.15) is 0 Å². The van der Waals surface area contributed by atoms with E-state index in [1.54, 1.807) is 0 Å². The second-order valence-electron chi connectivity index (χ2n) is 3.37. The zero-order valence-electron chi connectivity index (χ0n) is 8.66. The standard InChI is InChI=1S/C12H13N2S/c1-2-9-3-4-10(5-11(9)6-13)12-7-15-8-14-12/h3-5,7H,2,6,13H2,1H3. The molecule has 77 valence electrons. The normalized spacial score (nSPS) is 10.5. The summed E-state index contributed by atoms with van der Waals surface area (Å²) in [5.41, 5.74) is 13.2. The predicted octanol–water partition coefficient (Wildman–Crippen LogP) is 2.63. The molecule has 2 nitrogen and oxygen atoms in total. The molecule has 15 heavy (non-hydrogen) atoms. The fraction of sp³-hybridized carbons (Fsp3) is 0.250. The molecule has 0 aliphatic rings. The van der Waals surface area contributed by atoms with Crippen LogP contribution in [0, 0.1) is 5.51 Å². The molecule has 0 amide bonds. The molecule has 0 spiro atoms. The molecule has 0 aliphatic heterocycles. The van der Waals surface area contributed by atoms with Crippen LogP contribution in [0.5, 0.6) is 0 Å². The zero-order valence-corrected chi connectivity index (χ0v) is 9.47. The summed E-state index contributed by atoms with van der Waals surface area (Å²) >= 11 is 1.49. The van der Waals surface area contributed by atoms with Crippen LogP contribution >= 0.6 is 11.3 Å². The summed E-state index contributed by atoms with van der Waals surface area (Å²) in [6.45, 7) is 2.73. The highest BCUT2D eigenvalue weighted by Gasteiger charge is 2.04. The summed E-state index contributed by atoms with van der Waals surface area (Å²) in [6.07, 6.45) is 1.02. The van der Waals surface area contributed by atoms with Gasteiger partial charge in [-0.3, -0.25) is 0 Å². The number of thiazole rings is 1. The fourth-order valence-corrected chi connectivity index (χ4v) is 2.14. The van der Waals surface area contributed by atoms with Crippen molar-refractivity contribution in [2.75, 3.05) is 0 Å². The quantitative estimate of drug-likeness (QED) is 0.858. The van der Waals surface area contributed by atoms with Gasteiger partial charge in [0, 0.05) is 17.5 Å². The van der Waals surface area contributed by atoms with Crippen molar-refractivity contribution in [1.29, 1.82) is 0 Å². The Morgan fingerprint density at radius 2 is 2.27 bits per heavy atom. The van der Waals surface area contributed by atoms with Crippen LogP contribution in [0.3, 0.4) is 0 Å². The fourth-order valence-electron chi connectivity index (χ4n) is 1.64. The third-order valence-corrected chi connectivity index (χ3v) is 3.03. The Balaban J connectivity index is 2.43. The number of aromatic nitrogens is 1. The third-order valence-electron chi connectivity index (χ3n) is 2.49. The van der Waals surface area contributed by atoms with Gasteiger partial charge in [0.15, 0.2) is 5.51 Å². The maximum Gasteiger partial charge on any atom is 0.152 e. The van der Waals surface area contributed by atoms with Gasteiger partial charge in [0.25, 0.3) is 0 Å². The molecule has 1 heterocycles. The summed E-state index contributed by atoms with van der Waals surface area (Å²) in [7, 11) is 0. The molecule has 2 aromatic rings. The molecule has 0 atom stereocenters. The molecular weight excluding hydrogens is 204 g/mol. The first kappa shape index (κ1) is 10.3. The lowest BCUT2D eigenvalue weighted by Crippen LogP contribution is -2.01. The predicted molar refractivity (Wildman–Crippen MR) is 63.7 cm³/mol. The van der Waals surface area contributed by atoms with Gasteiger partial charge in [-0.05, 0) is 23.6 Å². The zero-order chi connectivity index (χ0) is 10.7. The van der Waals surface area contributed by atoms with Gasteiger partial charge < -0.3 is 5.73 Å². The molecule has 2 rings (SSSR count). The minimum absolute atomic E-state index is 0.588. The summed E-state index contributed by atoms with van der Waals surface area (Å²) < 4.78 is 0. The highest BCUT2D eigenvalue weighted by Crippen LogP contribution is 2.22. The van der Waals surface area contributed by atoms with Gasteiger partial charge in [-0.15, -0.1) is 11.3 Å². The molecule has 0 unspecified atom stereocenters. The Labute approximate surface area is 93.8 Å². The smallest absolute Gasteiger partial charge is 0.152 e. The van der Waals surface area contributed by atoms with Crippen molar-refractivity contribution in [2.45, 2.75) is 19.9 Å². The van der Waals surface area contributed by atoms with Crippen molar-refractivity contribution in [3.05, 3.63) is 40.2 Å². The molecule has 1 radical (unpaired) electrons. The molecular formula is C12H13N2S. The number of nitrogens with zero attached hydrogens (tertiary/aromatic N) is 1. The Morgan fingerprint density at radius 1 is 1.40 bits per heavy atom. The van der Waals surface area contributed by atoms with Crippen molar-refractivity contribution >= 4 is 11.3 Å². The van der Waals surface area contributed by atoms with Gasteiger partial charge >= 0.3 is 0 Å². The van der Waals surface area contributed by atoms with Gasteiger partial charge in [-0.25, -0.2) is 4.98 Å². The molecule has 2 N–H and O–H groups in total. The number of aryl methyl sites for hydroxylation is 1. The molecule has 0 saturated heterocycles. The first-order chi connectivity index (χ1) is 7.35. The summed E-state index contributed by atoms with van der Waals surface area (Å²) in [5, 5.41) is 2.00. The molecule has 0 fully saturated rings. The number of hydrogen-bond donors (Lipinski definition) is 1. The van der Waals surface area contributed by atoms with Crippen molar-refractivity contribution < 1.29 is 0 Å². The van der Waals surface area contributed by atoms with Crippen LogP contribution in [-0.4, -0.2) is 4.98 Å². The van der Waals surface area contributed by atoms with Crippen molar-refractivity contribution in [3.63, 3.8) is 0 Å². The van der Waals surface area contributed by atoms with Crippen molar-refractivity contribution in [3.8, 4) is 11.3 Å². The van der Waals surface area contributed by atoms with Crippen LogP contribution in [0.2, 0.25) is 0 Å². The van der Waals surface area contributed by atoms with E-state index in [0.717, 1.165) is 17.7 Å². The summed E-state index contributed by atoms with van der Waals surface area (Å²) in [6, 6.07) is 6.36. The van der Waals surface area contributed by atoms with Crippen molar-refractivity contribution in [1.82, 2.24) is 4.98 Å². The Bertz CT molecular complexity index is 435. The monoisotopic (exact) mass is 217 g/mol. The highest BCUT2D eigenvalue weighted by atomic mass is 32.1. The van der Waals surface area contributed by atoms with Gasteiger partial charge in [0.2, 0.25) is 0 Å². The number of nitrogens with two attached hydrogens (primary N) is 1. The van der Waals surface area contributed by atoms with Crippen molar-refractivity contribution in [2.24, 2.45) is 5.73 Å². The number of benzene rings is 1. The number of hydrogen-bond acceptors (Lipinski definition) is 3. The topological polar surface area (TPSA) is 38.9 Å². The Hall–Kier alpha value is -1.19. The maximum absolute atomic E-state index is 5.72. The second-order valence-corrected chi connectivity index (χ2v) is 4.02. The van der Waals surface area contributed by atoms with E-state index in [1.165, 1.54) is 22.5 Å². The Kier molecular flexibility index (Phi) is 3.14. The van der Waals surface area contributed by atoms with E-state index >= 15 is 0 Å². The number of rotatable bonds is 3. The van der Waals surface area contributed by atoms with Crippen LogP contribution in [-0.2, 0) is 13.0 Å². The lowest BCUT2D eigenvalue weighted by molar-refractivity contribution is 1.00. The lowest BCUT2D eigenvalue weighted by atomic mass is 10.0. The summed E-state index contributed by atoms with van der Waals surface area (Å²) in [5.74, 6) is 0. The van der Waals surface area contributed by atoms with E-state index in [-0.39, 0.29) is 0 Å². The minimum atomic E-state index is 0.588. The van der Waals surface area contributed by atoms with Gasteiger partial charge in [0.05, 0.1) is 5.69 Å². The Morgan fingerprint density at radius 3 is 2.87 bits per heavy atom. The molecule has 1 aromatic heterocycles. The van der Waals surface area contributed by atoms with E-state index in [1.807, 2.05) is 5.38 Å². The van der Waals surface area contributed by atoms with Gasteiger partial charge in [0.1, 0.15) is 0 Å². The third kappa shape index (κ3) is 2.08. The van der Waals surface area contributed by atoms with Crippen LogP contribution < -0.4 is 5.73 Å². The van der Waals surface area contributed by atoms with E-state index < -0.39 is 0 Å². The van der Waals surface area contributed by atoms with E-state index in [2.05, 4.69) is 35.6 Å². The van der Waals surface area contributed by atoms with E-state index in [4.69, 9.17) is 5.73 Å². The molecule has 0 aliphatic carbocycles. The van der Waals surface area contributed by atoms with Gasteiger partial charge in [-0.1, -0.05) is 19.1 Å².